The van der Waals surface area contributed by atoms with Crippen LogP contribution in [0.15, 0.2) is 65.6 Å². The van der Waals surface area contributed by atoms with Crippen molar-refractivity contribution in [2.75, 3.05) is 25.5 Å². The second kappa shape index (κ2) is 10.5. The van der Waals surface area contributed by atoms with Crippen LogP contribution in [0.5, 0.6) is 11.5 Å². The average molecular weight is 491 g/mol. The molecule has 180 valence electrons. The molecule has 3 aromatic rings. The molecule has 0 aliphatic heterocycles. The Hall–Kier alpha value is -3.66. The Kier molecular flexibility index (Phi) is 7.72. The number of halogens is 2. The summed E-state index contributed by atoms with van der Waals surface area (Å²) < 4.78 is 66.5. The van der Waals surface area contributed by atoms with Gasteiger partial charge in [-0.05, 0) is 42.8 Å². The molecule has 1 N–H and O–H groups in total. The molecule has 0 unspecified atom stereocenters. The van der Waals surface area contributed by atoms with Gasteiger partial charge in [0.15, 0.2) is 11.5 Å². The maximum absolute atomic E-state index is 14.0. The number of hydrogen-bond donors (Lipinski definition) is 1. The summed E-state index contributed by atoms with van der Waals surface area (Å²) in [6, 6.07) is 13.4. The van der Waals surface area contributed by atoms with Crippen LogP contribution in [-0.4, -0.2) is 40.0 Å². The first kappa shape index (κ1) is 25.0. The van der Waals surface area contributed by atoms with Crippen LogP contribution in [0.1, 0.15) is 22.8 Å². The molecule has 0 radical (unpaired) electrons. The van der Waals surface area contributed by atoms with Gasteiger partial charge in [0.1, 0.15) is 11.6 Å². The number of rotatable bonds is 9. The van der Waals surface area contributed by atoms with E-state index in [4.69, 9.17) is 9.47 Å². The SMILES string of the molecule is CCN(Cc1cccc(F)c1)C(=O)c1cc(S(=O)(=O)Nc2ccccc2F)cc(OC)c1OC. The third-order valence-corrected chi connectivity index (χ3v) is 6.39. The van der Waals surface area contributed by atoms with Crippen molar-refractivity contribution < 1.29 is 31.5 Å². The summed E-state index contributed by atoms with van der Waals surface area (Å²) >= 11 is 0. The minimum atomic E-state index is -4.29. The lowest BCUT2D eigenvalue weighted by molar-refractivity contribution is 0.0748. The second-order valence-corrected chi connectivity index (χ2v) is 8.92. The smallest absolute Gasteiger partial charge is 0.262 e. The number of amides is 1. The molecule has 7 nitrogen and oxygen atoms in total. The van der Waals surface area contributed by atoms with Crippen molar-refractivity contribution in [2.45, 2.75) is 18.4 Å². The summed E-state index contributed by atoms with van der Waals surface area (Å²) in [6.45, 7) is 2.08. The first-order chi connectivity index (χ1) is 16.2. The number of carbonyl (C=O) groups excluding carboxylic acids is 1. The van der Waals surface area contributed by atoms with Gasteiger partial charge in [-0.15, -0.1) is 0 Å². The Balaban J connectivity index is 2.04. The quantitative estimate of drug-likeness (QED) is 0.479. The molecule has 0 saturated carbocycles. The summed E-state index contributed by atoms with van der Waals surface area (Å²) in [5, 5.41) is 0. The maximum atomic E-state index is 14.0. The van der Waals surface area contributed by atoms with Gasteiger partial charge in [0.05, 0.1) is 30.4 Å². The van der Waals surface area contributed by atoms with Gasteiger partial charge < -0.3 is 14.4 Å². The number of sulfonamides is 1. The minimum absolute atomic E-state index is 0.00377. The van der Waals surface area contributed by atoms with E-state index in [0.717, 1.165) is 12.1 Å². The number of carbonyl (C=O) groups is 1. The van der Waals surface area contributed by atoms with Gasteiger partial charge in [0, 0.05) is 19.2 Å². The summed E-state index contributed by atoms with van der Waals surface area (Å²) in [6.07, 6.45) is 0. The van der Waals surface area contributed by atoms with Crippen LogP contribution in [-0.2, 0) is 16.6 Å². The minimum Gasteiger partial charge on any atom is -0.493 e. The number of anilines is 1. The van der Waals surface area contributed by atoms with E-state index in [-0.39, 0.29) is 40.7 Å². The lowest BCUT2D eigenvalue weighted by atomic mass is 10.1. The average Bonchev–Trinajstić information content (AvgIpc) is 2.82. The molecular weight excluding hydrogens is 466 g/mol. The van der Waals surface area contributed by atoms with Crippen LogP contribution in [0.25, 0.3) is 0 Å². The van der Waals surface area contributed by atoms with Gasteiger partial charge in [0.2, 0.25) is 0 Å². The standard InChI is InChI=1S/C24H24F2N2O5S/c1-4-28(15-16-8-7-9-17(25)12-16)24(29)19-13-18(14-22(32-2)23(19)33-3)34(30,31)27-21-11-6-5-10-20(21)26/h5-14,27H,4,15H2,1-3H3. The van der Waals surface area contributed by atoms with E-state index in [1.165, 1.54) is 61.6 Å². The molecule has 0 bridgehead atoms. The third kappa shape index (κ3) is 5.45. The van der Waals surface area contributed by atoms with E-state index < -0.39 is 27.6 Å². The highest BCUT2D eigenvalue weighted by Gasteiger charge is 2.27. The van der Waals surface area contributed by atoms with E-state index in [1.807, 2.05) is 0 Å². The fraction of sp³-hybridized carbons (Fsp3) is 0.208. The van der Waals surface area contributed by atoms with Crippen molar-refractivity contribution in [3.8, 4) is 11.5 Å². The fourth-order valence-corrected chi connectivity index (χ4v) is 4.46. The number of benzene rings is 3. The van der Waals surface area contributed by atoms with E-state index in [2.05, 4.69) is 4.72 Å². The largest absolute Gasteiger partial charge is 0.493 e. The Morgan fingerprint density at radius 1 is 1.00 bits per heavy atom. The number of methoxy groups -OCH3 is 2. The molecule has 0 aromatic heterocycles. The molecule has 0 aliphatic rings. The molecule has 0 spiro atoms. The summed E-state index contributed by atoms with van der Waals surface area (Å²) in [4.78, 5) is 14.5. The van der Waals surface area contributed by atoms with Crippen molar-refractivity contribution in [3.05, 3.63) is 83.4 Å². The second-order valence-electron chi connectivity index (χ2n) is 7.24. The van der Waals surface area contributed by atoms with Crippen molar-refractivity contribution in [1.29, 1.82) is 0 Å². The van der Waals surface area contributed by atoms with Gasteiger partial charge in [-0.25, -0.2) is 17.2 Å². The van der Waals surface area contributed by atoms with Crippen molar-refractivity contribution in [1.82, 2.24) is 4.90 Å². The van der Waals surface area contributed by atoms with Crippen LogP contribution < -0.4 is 14.2 Å². The van der Waals surface area contributed by atoms with E-state index in [1.54, 1.807) is 13.0 Å². The number of para-hydroxylation sites is 1. The highest BCUT2D eigenvalue weighted by Crippen LogP contribution is 2.36. The van der Waals surface area contributed by atoms with E-state index in [9.17, 15) is 22.0 Å². The molecular formula is C24H24F2N2O5S. The van der Waals surface area contributed by atoms with Gasteiger partial charge in [-0.3, -0.25) is 9.52 Å². The molecule has 0 aliphatic carbocycles. The van der Waals surface area contributed by atoms with Crippen molar-refractivity contribution >= 4 is 21.6 Å². The molecule has 34 heavy (non-hydrogen) atoms. The van der Waals surface area contributed by atoms with Gasteiger partial charge in [0.25, 0.3) is 15.9 Å². The summed E-state index contributed by atoms with van der Waals surface area (Å²) in [5.41, 5.74) is 0.242. The summed E-state index contributed by atoms with van der Waals surface area (Å²) in [5.74, 6) is -1.70. The molecule has 3 aromatic carbocycles. The zero-order valence-electron chi connectivity index (χ0n) is 18.8. The molecule has 0 fully saturated rings. The number of hydrogen-bond acceptors (Lipinski definition) is 5. The molecule has 10 heteroatoms. The van der Waals surface area contributed by atoms with Crippen molar-refractivity contribution in [3.63, 3.8) is 0 Å². The van der Waals surface area contributed by atoms with Gasteiger partial charge >= 0.3 is 0 Å². The predicted octanol–water partition coefficient (Wildman–Crippen LogP) is 4.45. The number of nitrogens with one attached hydrogen (secondary N) is 1. The fourth-order valence-electron chi connectivity index (χ4n) is 3.35. The van der Waals surface area contributed by atoms with Gasteiger partial charge in [-0.2, -0.15) is 0 Å². The third-order valence-electron chi connectivity index (χ3n) is 5.04. The van der Waals surface area contributed by atoms with Crippen molar-refractivity contribution in [2.24, 2.45) is 0 Å². The lowest BCUT2D eigenvalue weighted by Gasteiger charge is -2.23. The predicted molar refractivity (Wildman–Crippen MR) is 124 cm³/mol. The van der Waals surface area contributed by atoms with Crippen LogP contribution in [0, 0.1) is 11.6 Å². The highest BCUT2D eigenvalue weighted by molar-refractivity contribution is 7.92. The van der Waals surface area contributed by atoms with Gasteiger partial charge in [-0.1, -0.05) is 24.3 Å². The number of ether oxygens (including phenoxy) is 2. The topological polar surface area (TPSA) is 84.9 Å². The van der Waals surface area contributed by atoms with Crippen LogP contribution in [0.4, 0.5) is 14.5 Å². The molecule has 0 saturated heterocycles. The highest BCUT2D eigenvalue weighted by atomic mass is 32.2. The molecule has 0 heterocycles. The zero-order valence-corrected chi connectivity index (χ0v) is 19.7. The lowest BCUT2D eigenvalue weighted by Crippen LogP contribution is -2.31. The Morgan fingerprint density at radius 3 is 2.35 bits per heavy atom. The normalized spacial score (nSPS) is 11.1. The Morgan fingerprint density at radius 2 is 1.74 bits per heavy atom. The van der Waals surface area contributed by atoms with Crippen LogP contribution in [0.2, 0.25) is 0 Å². The zero-order chi connectivity index (χ0) is 24.9. The van der Waals surface area contributed by atoms with E-state index in [0.29, 0.717) is 5.56 Å². The Labute approximate surface area is 197 Å². The first-order valence-electron chi connectivity index (χ1n) is 10.3. The Bertz CT molecular complexity index is 1300. The number of nitrogens with zero attached hydrogens (tertiary/aromatic N) is 1. The molecule has 1 amide bonds. The maximum Gasteiger partial charge on any atom is 0.262 e. The monoisotopic (exact) mass is 490 g/mol. The first-order valence-corrected chi connectivity index (χ1v) is 11.8. The van der Waals surface area contributed by atoms with Crippen LogP contribution >= 0.6 is 0 Å². The molecule has 3 rings (SSSR count). The summed E-state index contributed by atoms with van der Waals surface area (Å²) in [7, 11) is -1.67. The van der Waals surface area contributed by atoms with E-state index >= 15 is 0 Å². The molecule has 0 atom stereocenters. The van der Waals surface area contributed by atoms with Crippen LogP contribution in [0.3, 0.4) is 0 Å².